The Balaban J connectivity index is 0.00000625. The van der Waals surface area contributed by atoms with Crippen molar-refractivity contribution in [1.29, 1.82) is 0 Å². The molecule has 0 aliphatic rings. The standard InChI is InChI=1S/C19H30ClN3O2.ClH/c1-6-19(21,7-2)12-22-17(25)14-10-13(8-9-15(14)20)23-16(24)11-18(3,4)5;/h8-10H,6-7,11-12,21H2,1-5H3,(H,22,25)(H,23,24);1H. The van der Waals surface area contributed by atoms with Gasteiger partial charge in [-0.25, -0.2) is 0 Å². The van der Waals surface area contributed by atoms with E-state index in [4.69, 9.17) is 17.3 Å². The Morgan fingerprint density at radius 2 is 1.73 bits per heavy atom. The summed E-state index contributed by atoms with van der Waals surface area (Å²) in [6.45, 7) is 10.3. The minimum Gasteiger partial charge on any atom is -0.350 e. The van der Waals surface area contributed by atoms with Crippen LogP contribution in [0.5, 0.6) is 0 Å². The molecule has 1 rings (SSSR count). The normalized spacial score (nSPS) is 11.5. The lowest BCUT2D eigenvalue weighted by molar-refractivity contribution is -0.117. The largest absolute Gasteiger partial charge is 0.350 e. The van der Waals surface area contributed by atoms with Gasteiger partial charge in [0, 0.05) is 24.2 Å². The molecule has 0 saturated heterocycles. The van der Waals surface area contributed by atoms with E-state index in [1.807, 2.05) is 34.6 Å². The molecule has 0 aliphatic carbocycles. The van der Waals surface area contributed by atoms with Crippen molar-refractivity contribution in [2.45, 2.75) is 59.4 Å². The van der Waals surface area contributed by atoms with Crippen molar-refractivity contribution in [3.8, 4) is 0 Å². The van der Waals surface area contributed by atoms with Crippen LogP contribution in [0.3, 0.4) is 0 Å². The van der Waals surface area contributed by atoms with Gasteiger partial charge in [-0.05, 0) is 36.5 Å². The van der Waals surface area contributed by atoms with Gasteiger partial charge in [-0.1, -0.05) is 46.2 Å². The molecular weight excluding hydrogens is 373 g/mol. The third-order valence-electron chi connectivity index (χ3n) is 4.19. The van der Waals surface area contributed by atoms with Gasteiger partial charge in [-0.3, -0.25) is 9.59 Å². The maximum absolute atomic E-state index is 12.4. The topological polar surface area (TPSA) is 84.2 Å². The molecule has 0 aromatic heterocycles. The predicted molar refractivity (Wildman–Crippen MR) is 111 cm³/mol. The Morgan fingerprint density at radius 1 is 1.15 bits per heavy atom. The molecule has 26 heavy (non-hydrogen) atoms. The zero-order chi connectivity index (χ0) is 19.3. The zero-order valence-electron chi connectivity index (χ0n) is 16.2. The van der Waals surface area contributed by atoms with Crippen LogP contribution in [-0.2, 0) is 4.79 Å². The van der Waals surface area contributed by atoms with Crippen molar-refractivity contribution in [3.63, 3.8) is 0 Å². The van der Waals surface area contributed by atoms with Gasteiger partial charge in [0.15, 0.2) is 0 Å². The first-order valence-corrected chi connectivity index (χ1v) is 9.04. The molecule has 7 heteroatoms. The number of benzene rings is 1. The fourth-order valence-electron chi connectivity index (χ4n) is 2.32. The zero-order valence-corrected chi connectivity index (χ0v) is 17.8. The minimum atomic E-state index is -0.430. The van der Waals surface area contributed by atoms with Gasteiger partial charge >= 0.3 is 0 Å². The number of rotatable bonds is 7. The van der Waals surface area contributed by atoms with Crippen LogP contribution in [0.25, 0.3) is 0 Å². The molecule has 0 fully saturated rings. The molecule has 0 unspecified atom stereocenters. The van der Waals surface area contributed by atoms with Crippen molar-refractivity contribution >= 4 is 41.5 Å². The number of carbonyl (C=O) groups is 2. The summed E-state index contributed by atoms with van der Waals surface area (Å²) >= 11 is 6.15. The highest BCUT2D eigenvalue weighted by Crippen LogP contribution is 2.23. The van der Waals surface area contributed by atoms with Gasteiger partial charge in [0.1, 0.15) is 0 Å². The van der Waals surface area contributed by atoms with Crippen LogP contribution in [0.15, 0.2) is 18.2 Å². The van der Waals surface area contributed by atoms with Crippen LogP contribution < -0.4 is 16.4 Å². The molecule has 2 amide bonds. The summed E-state index contributed by atoms with van der Waals surface area (Å²) in [7, 11) is 0. The maximum atomic E-state index is 12.4. The van der Waals surface area contributed by atoms with E-state index in [1.165, 1.54) is 0 Å². The molecule has 0 saturated carbocycles. The molecule has 0 spiro atoms. The molecule has 4 N–H and O–H groups in total. The second-order valence-corrected chi connectivity index (χ2v) is 8.14. The highest BCUT2D eigenvalue weighted by atomic mass is 35.5. The maximum Gasteiger partial charge on any atom is 0.252 e. The molecule has 0 aliphatic heterocycles. The number of carbonyl (C=O) groups excluding carboxylic acids is 2. The molecule has 0 atom stereocenters. The second-order valence-electron chi connectivity index (χ2n) is 7.73. The highest BCUT2D eigenvalue weighted by molar-refractivity contribution is 6.34. The van der Waals surface area contributed by atoms with E-state index in [-0.39, 0.29) is 29.6 Å². The number of hydrogen-bond donors (Lipinski definition) is 3. The Bertz CT molecular complexity index is 624. The van der Waals surface area contributed by atoms with E-state index in [2.05, 4.69) is 10.6 Å². The number of anilines is 1. The first kappa shape index (κ1) is 24.7. The number of nitrogens with one attached hydrogen (secondary N) is 2. The van der Waals surface area contributed by atoms with Crippen LogP contribution in [0, 0.1) is 5.41 Å². The average Bonchev–Trinajstić information content (AvgIpc) is 2.52. The van der Waals surface area contributed by atoms with Crippen LogP contribution in [-0.4, -0.2) is 23.9 Å². The van der Waals surface area contributed by atoms with Gasteiger partial charge < -0.3 is 16.4 Å². The molecule has 5 nitrogen and oxygen atoms in total. The third kappa shape index (κ3) is 7.94. The molecule has 1 aromatic rings. The van der Waals surface area contributed by atoms with Gasteiger partial charge in [0.05, 0.1) is 10.6 Å². The summed E-state index contributed by atoms with van der Waals surface area (Å²) < 4.78 is 0. The highest BCUT2D eigenvalue weighted by Gasteiger charge is 2.22. The lowest BCUT2D eigenvalue weighted by Crippen LogP contribution is -2.49. The molecular formula is C19H31Cl2N3O2. The number of amides is 2. The molecule has 148 valence electrons. The monoisotopic (exact) mass is 403 g/mol. The molecule has 0 bridgehead atoms. The fraction of sp³-hybridized carbons (Fsp3) is 0.579. The smallest absolute Gasteiger partial charge is 0.252 e. The van der Waals surface area contributed by atoms with E-state index in [1.54, 1.807) is 18.2 Å². The van der Waals surface area contributed by atoms with Gasteiger partial charge in [0.25, 0.3) is 5.91 Å². The van der Waals surface area contributed by atoms with Crippen molar-refractivity contribution in [3.05, 3.63) is 28.8 Å². The average molecular weight is 404 g/mol. The summed E-state index contributed by atoms with van der Waals surface area (Å²) in [6.07, 6.45) is 1.92. The van der Waals surface area contributed by atoms with Crippen LogP contribution in [0.4, 0.5) is 5.69 Å². The fourth-order valence-corrected chi connectivity index (χ4v) is 2.52. The van der Waals surface area contributed by atoms with E-state index in [9.17, 15) is 9.59 Å². The first-order valence-electron chi connectivity index (χ1n) is 8.66. The van der Waals surface area contributed by atoms with Crippen molar-refractivity contribution < 1.29 is 9.59 Å². The summed E-state index contributed by atoms with van der Waals surface area (Å²) in [6, 6.07) is 4.89. The number of nitrogens with two attached hydrogens (primary N) is 1. The van der Waals surface area contributed by atoms with E-state index < -0.39 is 5.54 Å². The quantitative estimate of drug-likeness (QED) is 0.630. The van der Waals surface area contributed by atoms with Crippen molar-refractivity contribution in [2.24, 2.45) is 11.1 Å². The van der Waals surface area contributed by atoms with E-state index >= 15 is 0 Å². The Kier molecular flexibility index (Phi) is 9.64. The van der Waals surface area contributed by atoms with Crippen LogP contribution >= 0.6 is 24.0 Å². The Morgan fingerprint density at radius 3 is 2.23 bits per heavy atom. The van der Waals surface area contributed by atoms with E-state index in [0.717, 1.165) is 12.8 Å². The Hall–Kier alpha value is -1.30. The van der Waals surface area contributed by atoms with Gasteiger partial charge in [-0.2, -0.15) is 0 Å². The Labute approximate surface area is 167 Å². The molecule has 1 aromatic carbocycles. The van der Waals surface area contributed by atoms with Crippen molar-refractivity contribution in [2.75, 3.05) is 11.9 Å². The minimum absolute atomic E-state index is 0. The molecule has 0 heterocycles. The van der Waals surface area contributed by atoms with Crippen LogP contribution in [0.1, 0.15) is 64.2 Å². The van der Waals surface area contributed by atoms with Gasteiger partial charge in [0.2, 0.25) is 5.91 Å². The molecule has 0 radical (unpaired) electrons. The van der Waals surface area contributed by atoms with Crippen molar-refractivity contribution in [1.82, 2.24) is 5.32 Å². The summed E-state index contributed by atoms with van der Waals surface area (Å²) in [5.41, 5.74) is 6.54. The summed E-state index contributed by atoms with van der Waals surface area (Å²) in [5.74, 6) is -0.396. The predicted octanol–water partition coefficient (Wildman–Crippen LogP) is 4.38. The SMILES string of the molecule is CCC(N)(CC)CNC(=O)c1cc(NC(=O)CC(C)(C)C)ccc1Cl.Cl. The second kappa shape index (κ2) is 10.1. The van der Waals surface area contributed by atoms with E-state index in [0.29, 0.717) is 29.2 Å². The van der Waals surface area contributed by atoms with Crippen LogP contribution in [0.2, 0.25) is 5.02 Å². The summed E-state index contributed by atoms with van der Waals surface area (Å²) in [5, 5.41) is 5.99. The number of halogens is 2. The number of hydrogen-bond acceptors (Lipinski definition) is 3. The summed E-state index contributed by atoms with van der Waals surface area (Å²) in [4.78, 5) is 24.5. The lowest BCUT2D eigenvalue weighted by atomic mass is 9.92. The lowest BCUT2D eigenvalue weighted by Gasteiger charge is -2.26. The van der Waals surface area contributed by atoms with Gasteiger partial charge in [-0.15, -0.1) is 12.4 Å². The first-order chi connectivity index (χ1) is 11.5. The third-order valence-corrected chi connectivity index (χ3v) is 4.52.